The molecule has 6 nitrogen and oxygen atoms in total. The number of aromatic nitrogens is 1. The van der Waals surface area contributed by atoms with E-state index in [9.17, 15) is 0 Å². The van der Waals surface area contributed by atoms with Gasteiger partial charge in [-0.1, -0.05) is 23.2 Å². The maximum Gasteiger partial charge on any atom is 0.203 e. The predicted octanol–water partition coefficient (Wildman–Crippen LogP) is 4.25. The first-order valence-electron chi connectivity index (χ1n) is 6.91. The van der Waals surface area contributed by atoms with Gasteiger partial charge in [-0.2, -0.15) is 5.10 Å². The molecule has 0 bridgehead atoms. The molecule has 2 aromatic rings. The lowest BCUT2D eigenvalue weighted by atomic mass is 10.1. The fraction of sp³-hybridized carbons (Fsp3) is 0.250. The van der Waals surface area contributed by atoms with Crippen LogP contribution in [0, 0.1) is 0 Å². The lowest BCUT2D eigenvalue weighted by molar-refractivity contribution is 0.324. The van der Waals surface area contributed by atoms with E-state index in [0.29, 0.717) is 38.7 Å². The van der Waals surface area contributed by atoms with Crippen molar-refractivity contribution in [3.05, 3.63) is 40.1 Å². The van der Waals surface area contributed by atoms with Crippen LogP contribution in [-0.2, 0) is 0 Å². The van der Waals surface area contributed by atoms with Gasteiger partial charge in [0.1, 0.15) is 0 Å². The van der Waals surface area contributed by atoms with Crippen LogP contribution in [0.4, 0.5) is 5.69 Å². The van der Waals surface area contributed by atoms with Gasteiger partial charge in [0.15, 0.2) is 11.5 Å². The van der Waals surface area contributed by atoms with Crippen LogP contribution in [0.25, 0.3) is 0 Å². The van der Waals surface area contributed by atoms with Crippen LogP contribution in [0.1, 0.15) is 12.5 Å². The van der Waals surface area contributed by atoms with Crippen LogP contribution in [0.5, 0.6) is 17.2 Å². The molecule has 8 heteroatoms. The normalized spacial score (nSPS) is 11.2. The number of hydrogen-bond acceptors (Lipinski definition) is 6. The van der Waals surface area contributed by atoms with Gasteiger partial charge < -0.3 is 14.2 Å². The van der Waals surface area contributed by atoms with Crippen LogP contribution in [0.3, 0.4) is 0 Å². The molecular formula is C16H17Cl2N3O3. The van der Waals surface area contributed by atoms with Gasteiger partial charge in [-0.05, 0) is 19.1 Å². The van der Waals surface area contributed by atoms with Crippen LogP contribution in [0.15, 0.2) is 29.6 Å². The third-order valence-corrected chi connectivity index (χ3v) is 3.84. The Morgan fingerprint density at radius 2 is 1.54 bits per heavy atom. The second-order valence-corrected chi connectivity index (χ2v) is 5.52. The standard InChI is InChI=1S/C16H17Cl2N3O3/c1-9(20-21-15-11(17)7-19-8-12(15)18)10-5-13(22-2)16(24-4)14(6-10)23-3/h5-8H,1-4H3,(H,19,21)/b20-9+. The van der Waals surface area contributed by atoms with E-state index in [1.807, 2.05) is 6.92 Å². The van der Waals surface area contributed by atoms with Crippen molar-refractivity contribution in [1.29, 1.82) is 0 Å². The van der Waals surface area contributed by atoms with Gasteiger partial charge >= 0.3 is 0 Å². The number of rotatable bonds is 6. The van der Waals surface area contributed by atoms with Crippen molar-refractivity contribution in [2.75, 3.05) is 26.8 Å². The lowest BCUT2D eigenvalue weighted by Gasteiger charge is -2.14. The average Bonchev–Trinajstić information content (AvgIpc) is 2.59. The van der Waals surface area contributed by atoms with E-state index in [1.165, 1.54) is 12.4 Å². The van der Waals surface area contributed by atoms with E-state index in [1.54, 1.807) is 33.5 Å². The zero-order valence-electron chi connectivity index (χ0n) is 13.7. The SMILES string of the molecule is COc1cc(/C(C)=N/Nc2c(Cl)cncc2Cl)cc(OC)c1OC. The van der Waals surface area contributed by atoms with Crippen molar-refractivity contribution in [3.63, 3.8) is 0 Å². The largest absolute Gasteiger partial charge is 0.493 e. The van der Waals surface area contributed by atoms with Gasteiger partial charge in [-0.25, -0.2) is 0 Å². The summed E-state index contributed by atoms with van der Waals surface area (Å²) in [7, 11) is 4.67. The molecule has 0 amide bonds. The predicted molar refractivity (Wildman–Crippen MR) is 96.2 cm³/mol. The summed E-state index contributed by atoms with van der Waals surface area (Å²) in [6, 6.07) is 3.61. The monoisotopic (exact) mass is 369 g/mol. The van der Waals surface area contributed by atoms with E-state index in [0.717, 1.165) is 5.56 Å². The number of benzene rings is 1. The number of methoxy groups -OCH3 is 3. The van der Waals surface area contributed by atoms with Crippen LogP contribution in [-0.4, -0.2) is 32.0 Å². The highest BCUT2D eigenvalue weighted by molar-refractivity contribution is 6.38. The van der Waals surface area contributed by atoms with Gasteiger partial charge in [-0.3, -0.25) is 10.4 Å². The maximum atomic E-state index is 6.06. The number of ether oxygens (including phenoxy) is 3. The van der Waals surface area contributed by atoms with Crippen molar-refractivity contribution in [2.45, 2.75) is 6.92 Å². The Kier molecular flexibility index (Phi) is 6.11. The molecule has 1 aromatic heterocycles. The first kappa shape index (κ1) is 18.2. The smallest absolute Gasteiger partial charge is 0.203 e. The number of pyridine rings is 1. The molecule has 0 radical (unpaired) electrons. The highest BCUT2D eigenvalue weighted by Gasteiger charge is 2.14. The summed E-state index contributed by atoms with van der Waals surface area (Å²) in [5.41, 5.74) is 4.81. The molecule has 1 aromatic carbocycles. The summed E-state index contributed by atoms with van der Waals surface area (Å²) in [6.45, 7) is 1.83. The molecule has 24 heavy (non-hydrogen) atoms. The minimum Gasteiger partial charge on any atom is -0.493 e. The Labute approximate surface area is 150 Å². The third kappa shape index (κ3) is 3.83. The molecule has 0 aliphatic carbocycles. The molecule has 0 spiro atoms. The fourth-order valence-corrected chi connectivity index (χ4v) is 2.46. The summed E-state index contributed by atoms with van der Waals surface area (Å²) in [5, 5.41) is 5.07. The van der Waals surface area contributed by atoms with Gasteiger partial charge in [-0.15, -0.1) is 0 Å². The molecule has 0 aliphatic rings. The van der Waals surface area contributed by atoms with Gasteiger partial charge in [0.25, 0.3) is 0 Å². The van der Waals surface area contributed by atoms with Crippen molar-refractivity contribution < 1.29 is 14.2 Å². The topological polar surface area (TPSA) is 65.0 Å². The van der Waals surface area contributed by atoms with Crippen molar-refractivity contribution in [1.82, 2.24) is 4.98 Å². The number of nitrogens with zero attached hydrogens (tertiary/aromatic N) is 2. The lowest BCUT2D eigenvalue weighted by Crippen LogP contribution is -2.03. The second-order valence-electron chi connectivity index (χ2n) is 4.70. The zero-order valence-corrected chi connectivity index (χ0v) is 15.2. The van der Waals surface area contributed by atoms with Crippen LogP contribution < -0.4 is 19.6 Å². The molecule has 2 rings (SSSR count). The molecule has 0 unspecified atom stereocenters. The summed E-state index contributed by atoms with van der Waals surface area (Å²) in [6.07, 6.45) is 2.97. The quantitative estimate of drug-likeness (QED) is 0.608. The van der Waals surface area contributed by atoms with E-state index >= 15 is 0 Å². The maximum absolute atomic E-state index is 6.06. The number of halogens is 2. The molecule has 0 saturated heterocycles. The van der Waals surface area contributed by atoms with E-state index < -0.39 is 0 Å². The summed E-state index contributed by atoms with van der Waals surface area (Å²) < 4.78 is 16.0. The third-order valence-electron chi connectivity index (χ3n) is 3.27. The summed E-state index contributed by atoms with van der Waals surface area (Å²) in [4.78, 5) is 3.89. The Hall–Kier alpha value is -2.18. The van der Waals surface area contributed by atoms with Crippen LogP contribution in [0.2, 0.25) is 10.0 Å². The first-order valence-corrected chi connectivity index (χ1v) is 7.67. The van der Waals surface area contributed by atoms with Gasteiger partial charge in [0.05, 0.1) is 42.8 Å². The molecule has 1 N–H and O–H groups in total. The highest BCUT2D eigenvalue weighted by Crippen LogP contribution is 2.38. The van der Waals surface area contributed by atoms with Gasteiger partial charge in [0.2, 0.25) is 5.75 Å². The molecule has 1 heterocycles. The Morgan fingerprint density at radius 1 is 1.00 bits per heavy atom. The minimum absolute atomic E-state index is 0.379. The number of nitrogens with one attached hydrogen (secondary N) is 1. The van der Waals surface area contributed by atoms with Crippen LogP contribution >= 0.6 is 23.2 Å². The van der Waals surface area contributed by atoms with E-state index in [2.05, 4.69) is 15.5 Å². The summed E-state index contributed by atoms with van der Waals surface area (Å²) in [5.74, 6) is 1.60. The zero-order chi connectivity index (χ0) is 17.7. The Bertz CT molecular complexity index is 721. The molecule has 128 valence electrons. The Morgan fingerprint density at radius 3 is 2.00 bits per heavy atom. The molecule has 0 saturated carbocycles. The fourth-order valence-electron chi connectivity index (χ4n) is 2.01. The molecule has 0 atom stereocenters. The van der Waals surface area contributed by atoms with Crippen molar-refractivity contribution in [3.8, 4) is 17.2 Å². The molecule has 0 fully saturated rings. The van der Waals surface area contributed by atoms with Gasteiger partial charge in [0, 0.05) is 18.0 Å². The first-order chi connectivity index (χ1) is 11.5. The van der Waals surface area contributed by atoms with E-state index in [4.69, 9.17) is 37.4 Å². The number of anilines is 1. The summed E-state index contributed by atoms with van der Waals surface area (Å²) >= 11 is 12.1. The minimum atomic E-state index is 0.379. The number of hydrazone groups is 1. The highest BCUT2D eigenvalue weighted by atomic mass is 35.5. The van der Waals surface area contributed by atoms with Crippen molar-refractivity contribution in [2.24, 2.45) is 5.10 Å². The second kappa shape index (κ2) is 8.08. The van der Waals surface area contributed by atoms with E-state index in [-0.39, 0.29) is 0 Å². The van der Waals surface area contributed by atoms with Crippen molar-refractivity contribution >= 4 is 34.6 Å². The molecule has 0 aliphatic heterocycles. The number of hydrogen-bond donors (Lipinski definition) is 1. The average molecular weight is 370 g/mol. The Balaban J connectivity index is 2.37. The molecular weight excluding hydrogens is 353 g/mol.